The Bertz CT molecular complexity index is 737. The van der Waals surface area contributed by atoms with Crippen LogP contribution in [0.25, 0.3) is 0 Å². The highest BCUT2D eigenvalue weighted by Gasteiger charge is 2.23. The molecule has 0 aliphatic rings. The number of nitrogens with zero attached hydrogens (tertiary/aromatic N) is 3. The first-order chi connectivity index (χ1) is 13.4. The van der Waals surface area contributed by atoms with Crippen molar-refractivity contribution in [1.29, 1.82) is 0 Å². The Labute approximate surface area is 172 Å². The van der Waals surface area contributed by atoms with Crippen molar-refractivity contribution in [2.24, 2.45) is 13.0 Å². The van der Waals surface area contributed by atoms with E-state index in [1.165, 1.54) is 0 Å². The average molecular weight is 404 g/mol. The number of unbranched alkanes of at least 4 members (excludes halogenated alkanes) is 1. The van der Waals surface area contributed by atoms with Crippen LogP contribution >= 0.6 is 11.3 Å². The summed E-state index contributed by atoms with van der Waals surface area (Å²) in [6, 6.07) is 7.96. The normalized spacial score (nSPS) is 11.0. The number of carbonyl (C=O) groups is 2. The fourth-order valence-corrected chi connectivity index (χ4v) is 3.83. The number of aryl methyl sites for hydroxylation is 1. The van der Waals surface area contributed by atoms with E-state index in [0.29, 0.717) is 25.4 Å². The Morgan fingerprint density at radius 1 is 1.14 bits per heavy atom. The molecular weight excluding hydrogens is 370 g/mol. The lowest BCUT2D eigenvalue weighted by molar-refractivity contribution is -0.141. The highest BCUT2D eigenvalue weighted by Crippen LogP contribution is 2.13. The molecule has 0 N–H and O–H groups in total. The first kappa shape index (κ1) is 22.2. The minimum absolute atomic E-state index is 0.0230. The van der Waals surface area contributed by atoms with Gasteiger partial charge in [-0.2, -0.15) is 0 Å². The molecule has 0 aliphatic carbocycles. The van der Waals surface area contributed by atoms with Crippen LogP contribution in [0.2, 0.25) is 0 Å². The quantitative estimate of drug-likeness (QED) is 0.570. The second kappa shape index (κ2) is 11.1. The third-order valence-electron chi connectivity index (χ3n) is 4.71. The molecule has 0 spiro atoms. The van der Waals surface area contributed by atoms with Gasteiger partial charge in [0.1, 0.15) is 0 Å². The molecule has 2 aromatic heterocycles. The average Bonchev–Trinajstić information content (AvgIpc) is 3.29. The topological polar surface area (TPSA) is 45.6 Å². The summed E-state index contributed by atoms with van der Waals surface area (Å²) in [6.07, 6.45) is 4.35. The summed E-state index contributed by atoms with van der Waals surface area (Å²) in [5, 5.41) is 1.98. The zero-order valence-corrected chi connectivity index (χ0v) is 18.4. The highest BCUT2D eigenvalue weighted by molar-refractivity contribution is 7.10. The molecule has 6 heteroatoms. The van der Waals surface area contributed by atoms with E-state index in [1.807, 2.05) is 52.4 Å². The Balaban J connectivity index is 2.08. The van der Waals surface area contributed by atoms with Crippen molar-refractivity contribution in [2.75, 3.05) is 19.6 Å². The number of thiophene rings is 1. The molecule has 0 aliphatic heterocycles. The van der Waals surface area contributed by atoms with Gasteiger partial charge in [-0.3, -0.25) is 9.59 Å². The van der Waals surface area contributed by atoms with Gasteiger partial charge in [0.15, 0.2) is 0 Å². The van der Waals surface area contributed by atoms with Crippen molar-refractivity contribution in [2.45, 2.75) is 46.6 Å². The zero-order chi connectivity index (χ0) is 20.5. The predicted octanol–water partition coefficient (Wildman–Crippen LogP) is 3.94. The highest BCUT2D eigenvalue weighted by atomic mass is 32.1. The largest absolute Gasteiger partial charge is 0.353 e. The molecule has 0 atom stereocenters. The summed E-state index contributed by atoms with van der Waals surface area (Å²) in [5.41, 5.74) is 1.10. The van der Waals surface area contributed by atoms with Crippen molar-refractivity contribution < 1.29 is 9.59 Å². The van der Waals surface area contributed by atoms with E-state index in [2.05, 4.69) is 20.8 Å². The van der Waals surface area contributed by atoms with E-state index >= 15 is 0 Å². The minimum Gasteiger partial charge on any atom is -0.353 e. The van der Waals surface area contributed by atoms with E-state index in [-0.39, 0.29) is 18.4 Å². The number of aromatic nitrogens is 1. The van der Waals surface area contributed by atoms with Gasteiger partial charge < -0.3 is 14.4 Å². The lowest BCUT2D eigenvalue weighted by Crippen LogP contribution is -2.45. The summed E-state index contributed by atoms with van der Waals surface area (Å²) in [7, 11) is 1.99. The summed E-state index contributed by atoms with van der Waals surface area (Å²) in [5.74, 6) is 0.366. The molecule has 5 nitrogen and oxygen atoms in total. The van der Waals surface area contributed by atoms with E-state index in [1.54, 1.807) is 16.2 Å². The van der Waals surface area contributed by atoms with Crippen molar-refractivity contribution >= 4 is 23.2 Å². The third kappa shape index (κ3) is 6.82. The van der Waals surface area contributed by atoms with Gasteiger partial charge in [0.2, 0.25) is 11.8 Å². The molecule has 2 heterocycles. The van der Waals surface area contributed by atoms with E-state index < -0.39 is 0 Å². The maximum absolute atomic E-state index is 13.1. The van der Waals surface area contributed by atoms with Crippen LogP contribution in [0.5, 0.6) is 0 Å². The molecule has 0 fully saturated rings. The van der Waals surface area contributed by atoms with Crippen LogP contribution in [-0.2, 0) is 29.6 Å². The Kier molecular flexibility index (Phi) is 8.77. The number of rotatable bonds is 11. The monoisotopic (exact) mass is 403 g/mol. The summed E-state index contributed by atoms with van der Waals surface area (Å²) < 4.78 is 2.04. The van der Waals surface area contributed by atoms with Crippen LogP contribution in [0.1, 0.15) is 44.2 Å². The molecule has 0 saturated carbocycles. The molecule has 2 rings (SSSR count). The molecular formula is C22H33N3O2S. The lowest BCUT2D eigenvalue weighted by atomic mass is 10.2. The third-order valence-corrected chi connectivity index (χ3v) is 5.58. The standard InChI is InChI=1S/C22H33N3O2S/c1-5-6-12-24(16-19-9-7-11-23(19)4)22(27)17-25(15-18(2)3)21(26)14-20-10-8-13-28-20/h7-11,13,18H,5-6,12,14-17H2,1-4H3. The van der Waals surface area contributed by atoms with Gasteiger partial charge in [-0.25, -0.2) is 0 Å². The van der Waals surface area contributed by atoms with Crippen molar-refractivity contribution in [3.63, 3.8) is 0 Å². The number of hydrogen-bond acceptors (Lipinski definition) is 3. The first-order valence-corrected chi connectivity index (χ1v) is 11.0. The van der Waals surface area contributed by atoms with Crippen LogP contribution in [0.15, 0.2) is 35.8 Å². The van der Waals surface area contributed by atoms with Crippen LogP contribution in [0.4, 0.5) is 0 Å². The van der Waals surface area contributed by atoms with Gasteiger partial charge in [-0.1, -0.05) is 33.3 Å². The molecule has 0 unspecified atom stereocenters. The first-order valence-electron chi connectivity index (χ1n) is 10.1. The minimum atomic E-state index is 0.0230. The zero-order valence-electron chi connectivity index (χ0n) is 17.6. The number of hydrogen-bond donors (Lipinski definition) is 0. The second-order valence-electron chi connectivity index (χ2n) is 7.70. The van der Waals surface area contributed by atoms with Crippen molar-refractivity contribution in [3.05, 3.63) is 46.4 Å². The van der Waals surface area contributed by atoms with E-state index in [4.69, 9.17) is 0 Å². The van der Waals surface area contributed by atoms with Crippen LogP contribution in [0, 0.1) is 5.92 Å². The summed E-state index contributed by atoms with van der Waals surface area (Å²) in [4.78, 5) is 30.6. The van der Waals surface area contributed by atoms with Crippen molar-refractivity contribution in [3.8, 4) is 0 Å². The molecule has 0 aromatic carbocycles. The molecule has 2 aromatic rings. The van der Waals surface area contributed by atoms with Gasteiger partial charge in [-0.05, 0) is 35.9 Å². The fourth-order valence-electron chi connectivity index (χ4n) is 3.13. The van der Waals surface area contributed by atoms with Gasteiger partial charge in [-0.15, -0.1) is 11.3 Å². The predicted molar refractivity (Wildman–Crippen MR) is 115 cm³/mol. The van der Waals surface area contributed by atoms with E-state index in [9.17, 15) is 9.59 Å². The van der Waals surface area contributed by atoms with Gasteiger partial charge in [0.05, 0.1) is 19.5 Å². The number of carbonyl (C=O) groups excluding carboxylic acids is 2. The SMILES string of the molecule is CCCCN(Cc1cccn1C)C(=O)CN(CC(C)C)C(=O)Cc1cccs1. The van der Waals surface area contributed by atoms with Gasteiger partial charge in [0, 0.05) is 36.9 Å². The molecule has 0 saturated heterocycles. The Morgan fingerprint density at radius 2 is 1.93 bits per heavy atom. The lowest BCUT2D eigenvalue weighted by Gasteiger charge is -2.29. The molecule has 0 radical (unpaired) electrons. The van der Waals surface area contributed by atoms with Crippen LogP contribution in [-0.4, -0.2) is 45.8 Å². The van der Waals surface area contributed by atoms with E-state index in [0.717, 1.165) is 30.0 Å². The summed E-state index contributed by atoms with van der Waals surface area (Å²) >= 11 is 1.58. The fraction of sp³-hybridized carbons (Fsp3) is 0.545. The Hall–Kier alpha value is -2.08. The second-order valence-corrected chi connectivity index (χ2v) is 8.74. The van der Waals surface area contributed by atoms with Gasteiger partial charge >= 0.3 is 0 Å². The maximum atomic E-state index is 13.1. The molecule has 28 heavy (non-hydrogen) atoms. The van der Waals surface area contributed by atoms with Gasteiger partial charge in [0.25, 0.3) is 0 Å². The number of amides is 2. The molecule has 154 valence electrons. The smallest absolute Gasteiger partial charge is 0.242 e. The van der Waals surface area contributed by atoms with Crippen molar-refractivity contribution in [1.82, 2.24) is 14.4 Å². The Morgan fingerprint density at radius 3 is 2.50 bits per heavy atom. The van der Waals surface area contributed by atoms with Crippen LogP contribution in [0.3, 0.4) is 0 Å². The van der Waals surface area contributed by atoms with Crippen LogP contribution < -0.4 is 0 Å². The maximum Gasteiger partial charge on any atom is 0.242 e. The summed E-state index contributed by atoms with van der Waals surface area (Å²) in [6.45, 7) is 8.33. The molecule has 2 amide bonds. The molecule has 0 bridgehead atoms.